The molecular formula is C25H24BrNO3S2. The minimum Gasteiger partial charge on any atom is -0.249 e. The molecule has 1 unspecified atom stereocenters. The van der Waals surface area contributed by atoms with Crippen molar-refractivity contribution in [3.8, 4) is 0 Å². The zero-order valence-corrected chi connectivity index (χ0v) is 21.0. The molecule has 1 aliphatic heterocycles. The van der Waals surface area contributed by atoms with Gasteiger partial charge in [-0.1, -0.05) is 87.7 Å². The summed E-state index contributed by atoms with van der Waals surface area (Å²) in [5.41, 5.74) is 2.85. The molecule has 0 bridgehead atoms. The maximum Gasteiger partial charge on any atom is 0.244 e. The van der Waals surface area contributed by atoms with Gasteiger partial charge in [-0.15, -0.1) is 0 Å². The Hall–Kier alpha value is -2.06. The van der Waals surface area contributed by atoms with E-state index in [1.807, 2.05) is 74.5 Å². The van der Waals surface area contributed by atoms with Gasteiger partial charge in [-0.05, 0) is 43.7 Å². The smallest absolute Gasteiger partial charge is 0.244 e. The SMILES string of the molecule is Cc1ccc(S(=O)C2=C[C@@H](CBr)N(S(=O)(=O)c3ccc(C)cc3)[C@H]2c2ccccc2)cc1. The van der Waals surface area contributed by atoms with E-state index < -0.39 is 32.9 Å². The summed E-state index contributed by atoms with van der Waals surface area (Å²) in [6.07, 6.45) is 1.84. The molecule has 0 amide bonds. The first-order chi connectivity index (χ1) is 15.3. The highest BCUT2D eigenvalue weighted by atomic mass is 79.9. The lowest BCUT2D eigenvalue weighted by Crippen LogP contribution is -2.39. The average Bonchev–Trinajstić information content (AvgIpc) is 3.20. The molecule has 166 valence electrons. The number of hydrogen-bond donors (Lipinski definition) is 0. The van der Waals surface area contributed by atoms with Crippen molar-refractivity contribution < 1.29 is 12.6 Å². The molecule has 0 aliphatic carbocycles. The van der Waals surface area contributed by atoms with Gasteiger partial charge in [0.15, 0.2) is 0 Å². The fraction of sp³-hybridized carbons (Fsp3) is 0.200. The van der Waals surface area contributed by atoms with E-state index >= 15 is 0 Å². The number of rotatable bonds is 6. The third kappa shape index (κ3) is 4.39. The molecule has 1 heterocycles. The maximum absolute atomic E-state index is 13.8. The molecule has 1 aliphatic rings. The molecule has 0 aromatic heterocycles. The Balaban J connectivity index is 1.85. The van der Waals surface area contributed by atoms with Crippen molar-refractivity contribution in [3.05, 3.63) is 107 Å². The lowest BCUT2D eigenvalue weighted by molar-refractivity contribution is 0.361. The maximum atomic E-state index is 13.8. The number of hydrogen-bond acceptors (Lipinski definition) is 3. The Morgan fingerprint density at radius 3 is 2.00 bits per heavy atom. The summed E-state index contributed by atoms with van der Waals surface area (Å²) in [4.78, 5) is 1.47. The van der Waals surface area contributed by atoms with Crippen LogP contribution >= 0.6 is 15.9 Å². The molecule has 0 N–H and O–H groups in total. The van der Waals surface area contributed by atoms with Gasteiger partial charge in [0.2, 0.25) is 10.0 Å². The van der Waals surface area contributed by atoms with Crippen LogP contribution in [0.1, 0.15) is 22.7 Å². The minimum absolute atomic E-state index is 0.228. The van der Waals surface area contributed by atoms with E-state index in [4.69, 9.17) is 0 Å². The summed E-state index contributed by atoms with van der Waals surface area (Å²) in [7, 11) is -5.35. The van der Waals surface area contributed by atoms with Crippen LogP contribution in [-0.2, 0) is 20.8 Å². The summed E-state index contributed by atoms with van der Waals surface area (Å²) >= 11 is 3.49. The predicted molar refractivity (Wildman–Crippen MR) is 133 cm³/mol. The summed E-state index contributed by atoms with van der Waals surface area (Å²) in [5.74, 6) is 0. The van der Waals surface area contributed by atoms with Crippen LogP contribution in [0.3, 0.4) is 0 Å². The molecule has 7 heteroatoms. The molecule has 32 heavy (non-hydrogen) atoms. The van der Waals surface area contributed by atoms with Crippen LogP contribution in [0.5, 0.6) is 0 Å². The summed E-state index contributed by atoms with van der Waals surface area (Å²) in [6.45, 7) is 3.90. The lowest BCUT2D eigenvalue weighted by Gasteiger charge is -2.30. The summed E-state index contributed by atoms with van der Waals surface area (Å²) in [5, 5.41) is 0.399. The summed E-state index contributed by atoms with van der Waals surface area (Å²) < 4.78 is 42.8. The normalized spacial score (nSPS) is 20.2. The first-order valence-corrected chi connectivity index (χ1v) is 14.0. The number of nitrogens with zero attached hydrogens (tertiary/aromatic N) is 1. The standard InChI is InChI=1S/C25H24BrNO3S2/c1-18-8-12-22(13-9-18)31(28)24-16-21(17-26)27(25(24)20-6-4-3-5-7-20)32(29,30)23-14-10-19(2)11-15-23/h3-16,21,25H,17H2,1-2H3/t21-,25-,31?/m0/s1. The Bertz CT molecular complexity index is 1250. The zero-order chi connectivity index (χ0) is 22.9. The van der Waals surface area contributed by atoms with Gasteiger partial charge in [0, 0.05) is 15.1 Å². The molecule has 0 spiro atoms. The lowest BCUT2D eigenvalue weighted by atomic mass is 10.1. The second-order valence-corrected chi connectivity index (χ2v) is 11.8. The Kier molecular flexibility index (Phi) is 6.81. The number of sulfonamides is 1. The van der Waals surface area contributed by atoms with Gasteiger partial charge in [-0.25, -0.2) is 12.6 Å². The van der Waals surface area contributed by atoms with Crippen LogP contribution in [0.25, 0.3) is 0 Å². The molecule has 0 saturated heterocycles. The number of benzene rings is 3. The molecule has 4 nitrogen and oxygen atoms in total. The van der Waals surface area contributed by atoms with Gasteiger partial charge in [-0.2, -0.15) is 4.31 Å². The predicted octanol–water partition coefficient (Wildman–Crippen LogP) is 5.50. The number of alkyl halides is 1. The van der Waals surface area contributed by atoms with E-state index in [1.54, 1.807) is 24.3 Å². The quantitative estimate of drug-likeness (QED) is 0.396. The van der Waals surface area contributed by atoms with E-state index in [0.29, 0.717) is 15.1 Å². The molecule has 0 fully saturated rings. The van der Waals surface area contributed by atoms with Crippen LogP contribution in [0.2, 0.25) is 0 Å². The van der Waals surface area contributed by atoms with Crippen LogP contribution in [0, 0.1) is 13.8 Å². The third-order valence-electron chi connectivity index (χ3n) is 5.53. The van der Waals surface area contributed by atoms with Crippen molar-refractivity contribution in [1.29, 1.82) is 0 Å². The molecule has 0 radical (unpaired) electrons. The van der Waals surface area contributed by atoms with Crippen LogP contribution in [0.15, 0.2) is 99.6 Å². The second kappa shape index (κ2) is 9.43. The Labute approximate surface area is 200 Å². The van der Waals surface area contributed by atoms with Crippen molar-refractivity contribution >= 4 is 36.8 Å². The number of halogens is 1. The first-order valence-electron chi connectivity index (χ1n) is 10.2. The Morgan fingerprint density at radius 1 is 0.875 bits per heavy atom. The van der Waals surface area contributed by atoms with Gasteiger partial charge >= 0.3 is 0 Å². The van der Waals surface area contributed by atoms with Crippen LogP contribution in [0.4, 0.5) is 0 Å². The highest BCUT2D eigenvalue weighted by Gasteiger charge is 2.45. The van der Waals surface area contributed by atoms with E-state index in [1.165, 1.54) is 4.31 Å². The molecule has 3 atom stereocenters. The van der Waals surface area contributed by atoms with E-state index in [9.17, 15) is 12.6 Å². The first kappa shape index (κ1) is 23.1. The zero-order valence-electron chi connectivity index (χ0n) is 17.8. The molecule has 3 aromatic rings. The van der Waals surface area contributed by atoms with Gasteiger partial charge < -0.3 is 0 Å². The van der Waals surface area contributed by atoms with Crippen LogP contribution < -0.4 is 0 Å². The van der Waals surface area contributed by atoms with Crippen molar-refractivity contribution in [2.24, 2.45) is 0 Å². The molecule has 4 rings (SSSR count). The largest absolute Gasteiger partial charge is 0.249 e. The Morgan fingerprint density at radius 2 is 1.44 bits per heavy atom. The molecule has 0 saturated carbocycles. The van der Waals surface area contributed by atoms with Crippen LogP contribution in [-0.4, -0.2) is 28.3 Å². The number of aryl methyl sites for hydroxylation is 2. The van der Waals surface area contributed by atoms with Crippen molar-refractivity contribution in [3.63, 3.8) is 0 Å². The highest BCUT2D eigenvalue weighted by molar-refractivity contribution is 9.09. The minimum atomic E-state index is -3.85. The van der Waals surface area contributed by atoms with Gasteiger partial charge in [0.05, 0.1) is 27.8 Å². The monoisotopic (exact) mass is 529 g/mol. The molecule has 3 aromatic carbocycles. The fourth-order valence-electron chi connectivity index (χ4n) is 3.84. The van der Waals surface area contributed by atoms with Gasteiger partial charge in [0.25, 0.3) is 0 Å². The average molecular weight is 531 g/mol. The van der Waals surface area contributed by atoms with Gasteiger partial charge in [0.1, 0.15) is 0 Å². The summed E-state index contributed by atoms with van der Waals surface area (Å²) in [6, 6.07) is 22.7. The topological polar surface area (TPSA) is 54.5 Å². The fourth-order valence-corrected chi connectivity index (χ4v) is 7.71. The second-order valence-electron chi connectivity index (χ2n) is 7.83. The van der Waals surface area contributed by atoms with Crippen molar-refractivity contribution in [1.82, 2.24) is 4.31 Å². The van der Waals surface area contributed by atoms with E-state index in [-0.39, 0.29) is 4.90 Å². The van der Waals surface area contributed by atoms with Gasteiger partial charge in [-0.3, -0.25) is 0 Å². The van der Waals surface area contributed by atoms with E-state index in [0.717, 1.165) is 16.7 Å². The van der Waals surface area contributed by atoms with E-state index in [2.05, 4.69) is 15.9 Å². The highest BCUT2D eigenvalue weighted by Crippen LogP contribution is 2.44. The van der Waals surface area contributed by atoms with Crippen molar-refractivity contribution in [2.45, 2.75) is 35.7 Å². The molecular weight excluding hydrogens is 506 g/mol. The third-order valence-corrected chi connectivity index (χ3v) is 9.58. The van der Waals surface area contributed by atoms with Crippen molar-refractivity contribution in [2.75, 3.05) is 5.33 Å².